The van der Waals surface area contributed by atoms with Gasteiger partial charge in [0, 0.05) is 25.0 Å². The standard InChI is InChI=1S/C11H23ClN2/c1-11(5-4-6-12)13-7-10-14-8-2-3-9-14/h11,13H,2-10H2,1H3. The lowest BCUT2D eigenvalue weighted by Gasteiger charge is -2.17. The Kier molecular flexibility index (Phi) is 6.57. The first-order valence-corrected chi connectivity index (χ1v) is 6.38. The van der Waals surface area contributed by atoms with Crippen molar-refractivity contribution >= 4 is 11.6 Å². The van der Waals surface area contributed by atoms with Crippen LogP contribution in [0.3, 0.4) is 0 Å². The Bertz CT molecular complexity index is 135. The second-order valence-corrected chi connectivity index (χ2v) is 4.61. The molecule has 0 spiro atoms. The summed E-state index contributed by atoms with van der Waals surface area (Å²) in [5.74, 6) is 0.790. The van der Waals surface area contributed by atoms with Crippen LogP contribution >= 0.6 is 11.6 Å². The molecule has 0 aliphatic carbocycles. The van der Waals surface area contributed by atoms with Gasteiger partial charge in [-0.25, -0.2) is 0 Å². The predicted molar refractivity (Wildman–Crippen MR) is 63.1 cm³/mol. The molecule has 84 valence electrons. The summed E-state index contributed by atoms with van der Waals surface area (Å²) in [5.41, 5.74) is 0. The van der Waals surface area contributed by atoms with Crippen LogP contribution in [0.1, 0.15) is 32.6 Å². The van der Waals surface area contributed by atoms with Crippen molar-refractivity contribution in [1.82, 2.24) is 10.2 Å². The molecule has 0 aromatic carbocycles. The number of rotatable bonds is 7. The molecule has 1 unspecified atom stereocenters. The van der Waals surface area contributed by atoms with E-state index in [1.807, 2.05) is 0 Å². The fraction of sp³-hybridized carbons (Fsp3) is 1.00. The highest BCUT2D eigenvalue weighted by atomic mass is 35.5. The molecule has 1 rings (SSSR count). The molecule has 0 amide bonds. The topological polar surface area (TPSA) is 15.3 Å². The zero-order valence-electron chi connectivity index (χ0n) is 9.27. The number of hydrogen-bond acceptors (Lipinski definition) is 2. The highest BCUT2D eigenvalue weighted by Crippen LogP contribution is 2.05. The summed E-state index contributed by atoms with van der Waals surface area (Å²) in [4.78, 5) is 2.54. The Balaban J connectivity index is 1.91. The number of nitrogens with zero attached hydrogens (tertiary/aromatic N) is 1. The summed E-state index contributed by atoms with van der Waals surface area (Å²) in [6, 6.07) is 0.622. The molecule has 3 heteroatoms. The third kappa shape index (κ3) is 5.18. The van der Waals surface area contributed by atoms with Crippen LogP contribution in [0.2, 0.25) is 0 Å². The van der Waals surface area contributed by atoms with E-state index in [4.69, 9.17) is 11.6 Å². The van der Waals surface area contributed by atoms with Gasteiger partial charge in [-0.1, -0.05) is 0 Å². The van der Waals surface area contributed by atoms with Gasteiger partial charge in [-0.3, -0.25) is 0 Å². The lowest BCUT2D eigenvalue weighted by molar-refractivity contribution is 0.327. The maximum Gasteiger partial charge on any atom is 0.0224 e. The first kappa shape index (κ1) is 12.3. The Morgan fingerprint density at radius 1 is 1.36 bits per heavy atom. The lowest BCUT2D eigenvalue weighted by atomic mass is 10.2. The van der Waals surface area contributed by atoms with Crippen LogP contribution in [0, 0.1) is 0 Å². The molecule has 0 aromatic rings. The van der Waals surface area contributed by atoms with Crippen LogP contribution in [-0.4, -0.2) is 43.0 Å². The minimum atomic E-state index is 0.622. The van der Waals surface area contributed by atoms with Crippen LogP contribution in [-0.2, 0) is 0 Å². The molecule has 1 N–H and O–H groups in total. The van der Waals surface area contributed by atoms with Crippen LogP contribution in [0.5, 0.6) is 0 Å². The van der Waals surface area contributed by atoms with E-state index < -0.39 is 0 Å². The largest absolute Gasteiger partial charge is 0.313 e. The van der Waals surface area contributed by atoms with E-state index in [9.17, 15) is 0 Å². The van der Waals surface area contributed by atoms with Crippen LogP contribution in [0.15, 0.2) is 0 Å². The van der Waals surface area contributed by atoms with Crippen molar-refractivity contribution in [3.63, 3.8) is 0 Å². The number of nitrogens with one attached hydrogen (secondary N) is 1. The van der Waals surface area contributed by atoms with Crippen molar-refractivity contribution in [2.24, 2.45) is 0 Å². The smallest absolute Gasteiger partial charge is 0.0224 e. The summed E-state index contributed by atoms with van der Waals surface area (Å²) in [6.45, 7) is 7.20. The van der Waals surface area contributed by atoms with Crippen molar-refractivity contribution in [3.05, 3.63) is 0 Å². The van der Waals surface area contributed by atoms with E-state index in [-0.39, 0.29) is 0 Å². The third-order valence-electron chi connectivity index (χ3n) is 2.89. The fourth-order valence-corrected chi connectivity index (χ4v) is 2.11. The monoisotopic (exact) mass is 218 g/mol. The van der Waals surface area contributed by atoms with Crippen molar-refractivity contribution in [2.75, 3.05) is 32.1 Å². The average molecular weight is 219 g/mol. The molecule has 0 bridgehead atoms. The molecule has 1 aliphatic rings. The number of likely N-dealkylation sites (tertiary alicyclic amines) is 1. The summed E-state index contributed by atoms with van der Waals surface area (Å²) in [7, 11) is 0. The minimum Gasteiger partial charge on any atom is -0.313 e. The molecule has 1 fully saturated rings. The van der Waals surface area contributed by atoms with E-state index >= 15 is 0 Å². The second kappa shape index (κ2) is 7.49. The molecule has 0 radical (unpaired) electrons. The summed E-state index contributed by atoms with van der Waals surface area (Å²) in [5, 5.41) is 3.54. The Morgan fingerprint density at radius 2 is 2.07 bits per heavy atom. The third-order valence-corrected chi connectivity index (χ3v) is 3.16. The van der Waals surface area contributed by atoms with Gasteiger partial charge in [0.15, 0.2) is 0 Å². The molecule has 1 aliphatic heterocycles. The first-order chi connectivity index (χ1) is 6.83. The van der Waals surface area contributed by atoms with E-state index in [0.717, 1.165) is 18.8 Å². The zero-order chi connectivity index (χ0) is 10.2. The Morgan fingerprint density at radius 3 is 2.71 bits per heavy atom. The number of alkyl halides is 1. The van der Waals surface area contributed by atoms with Gasteiger partial charge in [-0.15, -0.1) is 11.6 Å². The predicted octanol–water partition coefficient (Wildman–Crippen LogP) is 2.08. The van der Waals surface area contributed by atoms with Gasteiger partial charge in [0.05, 0.1) is 0 Å². The van der Waals surface area contributed by atoms with Gasteiger partial charge in [0.25, 0.3) is 0 Å². The minimum absolute atomic E-state index is 0.622. The Hall–Kier alpha value is 0.210. The molecule has 0 saturated carbocycles. The fourth-order valence-electron chi connectivity index (χ4n) is 1.96. The normalized spacial score (nSPS) is 20.1. The van der Waals surface area contributed by atoms with Crippen molar-refractivity contribution in [2.45, 2.75) is 38.6 Å². The van der Waals surface area contributed by atoms with Crippen LogP contribution < -0.4 is 5.32 Å². The summed E-state index contributed by atoms with van der Waals surface area (Å²) < 4.78 is 0. The van der Waals surface area contributed by atoms with E-state index in [1.54, 1.807) is 0 Å². The SMILES string of the molecule is CC(CCCCl)NCCN1CCCC1. The molecule has 1 heterocycles. The van der Waals surface area contributed by atoms with Crippen LogP contribution in [0.25, 0.3) is 0 Å². The van der Waals surface area contributed by atoms with E-state index in [2.05, 4.69) is 17.1 Å². The number of hydrogen-bond donors (Lipinski definition) is 1. The van der Waals surface area contributed by atoms with Gasteiger partial charge < -0.3 is 10.2 Å². The van der Waals surface area contributed by atoms with Gasteiger partial charge >= 0.3 is 0 Å². The molecule has 0 aromatic heterocycles. The Labute approximate surface area is 93.0 Å². The number of halogens is 1. The highest BCUT2D eigenvalue weighted by molar-refractivity contribution is 6.17. The van der Waals surface area contributed by atoms with Gasteiger partial charge in [0.2, 0.25) is 0 Å². The lowest BCUT2D eigenvalue weighted by Crippen LogP contribution is -2.34. The molecule has 2 nitrogen and oxygen atoms in total. The van der Waals surface area contributed by atoms with Gasteiger partial charge in [-0.05, 0) is 45.7 Å². The van der Waals surface area contributed by atoms with Crippen molar-refractivity contribution < 1.29 is 0 Å². The van der Waals surface area contributed by atoms with E-state index in [1.165, 1.54) is 38.9 Å². The summed E-state index contributed by atoms with van der Waals surface area (Å²) in [6.07, 6.45) is 5.10. The van der Waals surface area contributed by atoms with Gasteiger partial charge in [0.1, 0.15) is 0 Å². The maximum absolute atomic E-state index is 5.65. The van der Waals surface area contributed by atoms with Crippen molar-refractivity contribution in [1.29, 1.82) is 0 Å². The molecular formula is C11H23ClN2. The second-order valence-electron chi connectivity index (χ2n) is 4.24. The molecule has 1 atom stereocenters. The van der Waals surface area contributed by atoms with Gasteiger partial charge in [-0.2, -0.15) is 0 Å². The quantitative estimate of drug-likeness (QED) is 0.659. The first-order valence-electron chi connectivity index (χ1n) is 5.84. The van der Waals surface area contributed by atoms with E-state index in [0.29, 0.717) is 6.04 Å². The highest BCUT2D eigenvalue weighted by Gasteiger charge is 2.10. The molecular weight excluding hydrogens is 196 g/mol. The molecule has 14 heavy (non-hydrogen) atoms. The average Bonchev–Trinajstić information content (AvgIpc) is 2.67. The zero-order valence-corrected chi connectivity index (χ0v) is 10.0. The summed E-state index contributed by atoms with van der Waals surface area (Å²) >= 11 is 5.65. The molecule has 1 saturated heterocycles. The maximum atomic E-state index is 5.65. The van der Waals surface area contributed by atoms with Crippen LogP contribution in [0.4, 0.5) is 0 Å². The van der Waals surface area contributed by atoms with Crippen molar-refractivity contribution in [3.8, 4) is 0 Å².